The molecule has 1 fully saturated rings. The smallest absolute Gasteiger partial charge is 0.255 e. The number of hydrogen-bond donors (Lipinski definition) is 1. The van der Waals surface area contributed by atoms with Gasteiger partial charge < -0.3 is 15.0 Å². The van der Waals surface area contributed by atoms with Crippen molar-refractivity contribution in [3.05, 3.63) is 65.2 Å². The van der Waals surface area contributed by atoms with E-state index in [1.165, 1.54) is 0 Å². The maximum atomic E-state index is 13.3. The highest BCUT2D eigenvalue weighted by Crippen LogP contribution is 2.36. The average Bonchev–Trinajstić information content (AvgIpc) is 3.02. The predicted octanol–water partition coefficient (Wildman–Crippen LogP) is 4.09. The standard InChI is InChI=1S/C24H28N2O3/c1-16-10-12-18(13-11-16)25-23(27)22-20-8-3-4-9-21(20)24(28)26(22)15-17-6-5-7-19(14-17)29-2/h3-9,14,16,18,22H,10-13,15H2,1-2H3,(H,25,27)/t16?,18?,22-/m1/s1. The highest BCUT2D eigenvalue weighted by Gasteiger charge is 2.41. The third-order valence-corrected chi connectivity index (χ3v) is 6.16. The quantitative estimate of drug-likeness (QED) is 0.834. The molecule has 0 radical (unpaired) electrons. The molecule has 2 aliphatic rings. The van der Waals surface area contributed by atoms with Crippen LogP contribution in [-0.2, 0) is 11.3 Å². The van der Waals surface area contributed by atoms with E-state index in [0.717, 1.165) is 48.5 Å². The maximum absolute atomic E-state index is 13.3. The molecule has 1 heterocycles. The van der Waals surface area contributed by atoms with Gasteiger partial charge in [-0.05, 0) is 60.9 Å². The van der Waals surface area contributed by atoms with Crippen LogP contribution < -0.4 is 10.1 Å². The lowest BCUT2D eigenvalue weighted by molar-refractivity contribution is -0.126. The molecule has 1 atom stereocenters. The Balaban J connectivity index is 1.58. The molecule has 29 heavy (non-hydrogen) atoms. The molecule has 2 amide bonds. The third-order valence-electron chi connectivity index (χ3n) is 6.16. The molecule has 1 aliphatic carbocycles. The Kier molecular flexibility index (Phi) is 5.56. The lowest BCUT2D eigenvalue weighted by Gasteiger charge is -2.30. The number of nitrogens with zero attached hydrogens (tertiary/aromatic N) is 1. The van der Waals surface area contributed by atoms with Crippen LogP contribution in [0.2, 0.25) is 0 Å². The molecule has 2 aromatic carbocycles. The summed E-state index contributed by atoms with van der Waals surface area (Å²) in [6.45, 7) is 2.63. The number of hydrogen-bond acceptors (Lipinski definition) is 3. The van der Waals surface area contributed by atoms with Crippen LogP contribution in [0.1, 0.15) is 60.1 Å². The summed E-state index contributed by atoms with van der Waals surface area (Å²) in [6.07, 6.45) is 4.29. The van der Waals surface area contributed by atoms with E-state index in [4.69, 9.17) is 4.74 Å². The molecule has 4 rings (SSSR count). The molecule has 1 N–H and O–H groups in total. The number of benzene rings is 2. The van der Waals surface area contributed by atoms with Crippen LogP contribution in [-0.4, -0.2) is 29.9 Å². The van der Waals surface area contributed by atoms with Gasteiger partial charge in [0.2, 0.25) is 5.91 Å². The Morgan fingerprint density at radius 1 is 1.10 bits per heavy atom. The summed E-state index contributed by atoms with van der Waals surface area (Å²) in [5.41, 5.74) is 2.35. The van der Waals surface area contributed by atoms with E-state index >= 15 is 0 Å². The fourth-order valence-electron chi connectivity index (χ4n) is 4.47. The number of fused-ring (bicyclic) bond motifs is 1. The van der Waals surface area contributed by atoms with Crippen LogP contribution in [0.15, 0.2) is 48.5 Å². The summed E-state index contributed by atoms with van der Waals surface area (Å²) in [5.74, 6) is 1.29. The van der Waals surface area contributed by atoms with Crippen LogP contribution in [0.4, 0.5) is 0 Å². The van der Waals surface area contributed by atoms with Crippen molar-refractivity contribution in [2.45, 2.75) is 51.2 Å². The zero-order valence-electron chi connectivity index (χ0n) is 17.1. The maximum Gasteiger partial charge on any atom is 0.255 e. The molecule has 152 valence electrons. The molecule has 5 nitrogen and oxygen atoms in total. The minimum atomic E-state index is -0.593. The summed E-state index contributed by atoms with van der Waals surface area (Å²) in [5, 5.41) is 3.22. The molecular formula is C24H28N2O3. The first-order chi connectivity index (χ1) is 14.1. The van der Waals surface area contributed by atoms with Crippen LogP contribution >= 0.6 is 0 Å². The monoisotopic (exact) mass is 392 g/mol. The molecule has 0 spiro atoms. The summed E-state index contributed by atoms with van der Waals surface area (Å²) >= 11 is 0. The Morgan fingerprint density at radius 2 is 1.86 bits per heavy atom. The molecule has 0 unspecified atom stereocenters. The number of carbonyl (C=O) groups is 2. The summed E-state index contributed by atoms with van der Waals surface area (Å²) < 4.78 is 5.31. The number of ether oxygens (including phenoxy) is 1. The molecule has 1 saturated carbocycles. The number of carbonyl (C=O) groups excluding carboxylic acids is 2. The Bertz CT molecular complexity index is 903. The Labute approximate surface area is 172 Å². The number of nitrogens with one attached hydrogen (secondary N) is 1. The predicted molar refractivity (Wildman–Crippen MR) is 112 cm³/mol. The van der Waals surface area contributed by atoms with E-state index in [0.29, 0.717) is 12.1 Å². The lowest BCUT2D eigenvalue weighted by atomic mass is 9.87. The van der Waals surface area contributed by atoms with E-state index in [1.54, 1.807) is 12.0 Å². The molecule has 0 aromatic heterocycles. The zero-order chi connectivity index (χ0) is 20.4. The summed E-state index contributed by atoms with van der Waals surface area (Å²) in [6, 6.07) is 14.7. The van der Waals surface area contributed by atoms with Crippen molar-refractivity contribution < 1.29 is 14.3 Å². The van der Waals surface area contributed by atoms with Crippen LogP contribution in [0.5, 0.6) is 5.75 Å². The highest BCUT2D eigenvalue weighted by atomic mass is 16.5. The van der Waals surface area contributed by atoms with Gasteiger partial charge in [-0.2, -0.15) is 0 Å². The van der Waals surface area contributed by atoms with E-state index < -0.39 is 6.04 Å². The van der Waals surface area contributed by atoms with Crippen molar-refractivity contribution in [1.82, 2.24) is 10.2 Å². The van der Waals surface area contributed by atoms with Crippen LogP contribution in [0.3, 0.4) is 0 Å². The number of methoxy groups -OCH3 is 1. The molecule has 2 aromatic rings. The SMILES string of the molecule is COc1cccc(CN2C(=O)c3ccccc3[C@@H]2C(=O)NC2CCC(C)CC2)c1. The zero-order valence-corrected chi connectivity index (χ0v) is 17.1. The highest BCUT2D eigenvalue weighted by molar-refractivity contribution is 6.04. The Hall–Kier alpha value is -2.82. The molecule has 5 heteroatoms. The van der Waals surface area contributed by atoms with Crippen molar-refractivity contribution in [2.75, 3.05) is 7.11 Å². The van der Waals surface area contributed by atoms with Gasteiger partial charge in [0, 0.05) is 18.2 Å². The van der Waals surface area contributed by atoms with Crippen LogP contribution in [0, 0.1) is 5.92 Å². The van der Waals surface area contributed by atoms with Gasteiger partial charge in [-0.3, -0.25) is 9.59 Å². The minimum Gasteiger partial charge on any atom is -0.497 e. The van der Waals surface area contributed by atoms with Gasteiger partial charge in [0.1, 0.15) is 11.8 Å². The molecule has 0 bridgehead atoms. The van der Waals surface area contributed by atoms with E-state index in [2.05, 4.69) is 12.2 Å². The van der Waals surface area contributed by atoms with Gasteiger partial charge in [0.25, 0.3) is 5.91 Å². The molecule has 0 saturated heterocycles. The van der Waals surface area contributed by atoms with E-state index in [9.17, 15) is 9.59 Å². The average molecular weight is 392 g/mol. The van der Waals surface area contributed by atoms with Gasteiger partial charge in [-0.1, -0.05) is 37.3 Å². The van der Waals surface area contributed by atoms with Crippen molar-refractivity contribution in [3.8, 4) is 5.75 Å². The fraction of sp³-hybridized carbons (Fsp3) is 0.417. The number of amides is 2. The van der Waals surface area contributed by atoms with Crippen LogP contribution in [0.25, 0.3) is 0 Å². The van der Waals surface area contributed by atoms with Gasteiger partial charge in [0.15, 0.2) is 0 Å². The van der Waals surface area contributed by atoms with Gasteiger partial charge in [-0.25, -0.2) is 0 Å². The van der Waals surface area contributed by atoms with Crippen molar-refractivity contribution in [3.63, 3.8) is 0 Å². The number of rotatable bonds is 5. The first-order valence-corrected chi connectivity index (χ1v) is 10.4. The fourth-order valence-corrected chi connectivity index (χ4v) is 4.47. The van der Waals surface area contributed by atoms with E-state index in [-0.39, 0.29) is 17.9 Å². The second-order valence-electron chi connectivity index (χ2n) is 8.24. The Morgan fingerprint density at radius 3 is 2.62 bits per heavy atom. The van der Waals surface area contributed by atoms with Gasteiger partial charge in [0.05, 0.1) is 7.11 Å². The lowest BCUT2D eigenvalue weighted by Crippen LogP contribution is -2.44. The van der Waals surface area contributed by atoms with Gasteiger partial charge >= 0.3 is 0 Å². The molecular weight excluding hydrogens is 364 g/mol. The van der Waals surface area contributed by atoms with Crippen molar-refractivity contribution >= 4 is 11.8 Å². The van der Waals surface area contributed by atoms with Crippen molar-refractivity contribution in [2.24, 2.45) is 5.92 Å². The second kappa shape index (κ2) is 8.27. The van der Waals surface area contributed by atoms with E-state index in [1.807, 2.05) is 48.5 Å². The summed E-state index contributed by atoms with van der Waals surface area (Å²) in [7, 11) is 1.62. The second-order valence-corrected chi connectivity index (χ2v) is 8.24. The molecule has 1 aliphatic heterocycles. The first-order valence-electron chi connectivity index (χ1n) is 10.4. The largest absolute Gasteiger partial charge is 0.497 e. The topological polar surface area (TPSA) is 58.6 Å². The van der Waals surface area contributed by atoms with Crippen molar-refractivity contribution in [1.29, 1.82) is 0 Å². The first kappa shape index (κ1) is 19.5. The minimum absolute atomic E-state index is 0.0780. The summed E-state index contributed by atoms with van der Waals surface area (Å²) in [4.78, 5) is 28.1. The third kappa shape index (κ3) is 4.00. The normalized spacial score (nSPS) is 23.6. The van der Waals surface area contributed by atoms with Gasteiger partial charge in [-0.15, -0.1) is 0 Å².